The van der Waals surface area contributed by atoms with Gasteiger partial charge in [0.25, 0.3) is 0 Å². The minimum Gasteiger partial charge on any atom is -0.494 e. The molecular weight excluding hydrogens is 366 g/mol. The first kappa shape index (κ1) is 21.0. The smallest absolute Gasteiger partial charge is 0.220 e. The molecular formula is C24H31NO4. The van der Waals surface area contributed by atoms with Crippen LogP contribution in [0.2, 0.25) is 0 Å². The minimum absolute atomic E-state index is 0.0133. The molecule has 2 aromatic carbocycles. The molecule has 2 aromatic rings. The van der Waals surface area contributed by atoms with Crippen molar-refractivity contribution < 1.29 is 19.0 Å². The van der Waals surface area contributed by atoms with Crippen LogP contribution < -0.4 is 19.5 Å². The van der Waals surface area contributed by atoms with Gasteiger partial charge >= 0.3 is 0 Å². The normalized spacial score (nSPS) is 15.0. The van der Waals surface area contributed by atoms with Crippen LogP contribution in [-0.2, 0) is 4.79 Å². The lowest BCUT2D eigenvalue weighted by Gasteiger charge is -2.19. The Labute approximate surface area is 173 Å². The molecule has 5 heteroatoms. The Morgan fingerprint density at radius 1 is 1.10 bits per heavy atom. The standard InChI is InChI=1S/C24H31NO4/c1-18(25-24(26)13-8-16-28-20-9-4-3-5-10-20)19-14-15-22(23(17-19)27-2)29-21-11-6-7-12-21/h3-5,9-10,14-15,17-18,21H,6-8,11-13,16H2,1-2H3,(H,25,26). The van der Waals surface area contributed by atoms with E-state index in [4.69, 9.17) is 14.2 Å². The average Bonchev–Trinajstić information content (AvgIpc) is 3.25. The molecule has 156 valence electrons. The van der Waals surface area contributed by atoms with Gasteiger partial charge in [-0.05, 0) is 68.9 Å². The summed E-state index contributed by atoms with van der Waals surface area (Å²) in [5, 5.41) is 3.05. The van der Waals surface area contributed by atoms with E-state index in [0.717, 1.165) is 29.9 Å². The van der Waals surface area contributed by atoms with E-state index < -0.39 is 0 Å². The molecule has 0 bridgehead atoms. The third-order valence-electron chi connectivity index (χ3n) is 5.22. The van der Waals surface area contributed by atoms with Gasteiger partial charge in [0.2, 0.25) is 5.91 Å². The maximum Gasteiger partial charge on any atom is 0.220 e. The van der Waals surface area contributed by atoms with Crippen molar-refractivity contribution in [3.8, 4) is 17.2 Å². The number of benzene rings is 2. The maximum atomic E-state index is 12.3. The molecule has 0 aromatic heterocycles. The van der Waals surface area contributed by atoms with Crippen molar-refractivity contribution in [1.29, 1.82) is 0 Å². The highest BCUT2D eigenvalue weighted by atomic mass is 16.5. The summed E-state index contributed by atoms with van der Waals surface area (Å²) in [6, 6.07) is 15.4. The Bertz CT molecular complexity index is 772. The molecule has 1 amide bonds. The summed E-state index contributed by atoms with van der Waals surface area (Å²) in [5.74, 6) is 2.33. The fourth-order valence-corrected chi connectivity index (χ4v) is 3.57. The minimum atomic E-state index is -0.105. The zero-order chi connectivity index (χ0) is 20.5. The van der Waals surface area contributed by atoms with E-state index in [2.05, 4.69) is 5.32 Å². The van der Waals surface area contributed by atoms with Crippen LogP contribution in [0.1, 0.15) is 57.1 Å². The first-order chi connectivity index (χ1) is 14.2. The zero-order valence-corrected chi connectivity index (χ0v) is 17.4. The lowest BCUT2D eigenvalue weighted by Crippen LogP contribution is -2.26. The van der Waals surface area contributed by atoms with Crippen LogP contribution in [0.25, 0.3) is 0 Å². The van der Waals surface area contributed by atoms with Crippen LogP contribution in [0, 0.1) is 0 Å². The van der Waals surface area contributed by atoms with Crippen molar-refractivity contribution in [2.75, 3.05) is 13.7 Å². The monoisotopic (exact) mass is 397 g/mol. The predicted molar refractivity (Wildman–Crippen MR) is 114 cm³/mol. The largest absolute Gasteiger partial charge is 0.494 e. The van der Waals surface area contributed by atoms with Gasteiger partial charge in [-0.25, -0.2) is 0 Å². The predicted octanol–water partition coefficient (Wildman–Crippen LogP) is 5.05. The van der Waals surface area contributed by atoms with Crippen molar-refractivity contribution in [3.63, 3.8) is 0 Å². The topological polar surface area (TPSA) is 56.8 Å². The van der Waals surface area contributed by atoms with Crippen LogP contribution in [0.15, 0.2) is 48.5 Å². The number of rotatable bonds is 10. The second-order valence-electron chi connectivity index (χ2n) is 7.49. The van der Waals surface area contributed by atoms with Gasteiger partial charge in [0.05, 0.1) is 25.9 Å². The highest BCUT2D eigenvalue weighted by Gasteiger charge is 2.19. The van der Waals surface area contributed by atoms with Gasteiger partial charge in [-0.1, -0.05) is 24.3 Å². The molecule has 5 nitrogen and oxygen atoms in total. The van der Waals surface area contributed by atoms with Crippen molar-refractivity contribution >= 4 is 5.91 Å². The van der Waals surface area contributed by atoms with Crippen molar-refractivity contribution in [1.82, 2.24) is 5.32 Å². The highest BCUT2D eigenvalue weighted by molar-refractivity contribution is 5.76. The molecule has 0 saturated heterocycles. The fraction of sp³-hybridized carbons (Fsp3) is 0.458. The molecule has 1 atom stereocenters. The van der Waals surface area contributed by atoms with Crippen LogP contribution in [0.4, 0.5) is 0 Å². The summed E-state index contributed by atoms with van der Waals surface area (Å²) >= 11 is 0. The van der Waals surface area contributed by atoms with E-state index in [-0.39, 0.29) is 18.1 Å². The van der Waals surface area contributed by atoms with E-state index in [9.17, 15) is 4.79 Å². The Hall–Kier alpha value is -2.69. The molecule has 0 spiro atoms. The first-order valence-electron chi connectivity index (χ1n) is 10.5. The number of amides is 1. The number of nitrogens with one attached hydrogen (secondary N) is 1. The summed E-state index contributed by atoms with van der Waals surface area (Å²) in [4.78, 5) is 12.3. The van der Waals surface area contributed by atoms with Crippen molar-refractivity contribution in [3.05, 3.63) is 54.1 Å². The van der Waals surface area contributed by atoms with Crippen LogP contribution in [0.5, 0.6) is 17.2 Å². The molecule has 1 saturated carbocycles. The molecule has 0 aliphatic heterocycles. The molecule has 1 aliphatic carbocycles. The molecule has 1 aliphatic rings. The van der Waals surface area contributed by atoms with Crippen LogP contribution in [-0.4, -0.2) is 25.7 Å². The summed E-state index contributed by atoms with van der Waals surface area (Å²) in [7, 11) is 1.65. The molecule has 1 N–H and O–H groups in total. The van der Waals surface area contributed by atoms with E-state index in [1.807, 2.05) is 55.5 Å². The number of carbonyl (C=O) groups is 1. The van der Waals surface area contributed by atoms with Crippen LogP contribution in [0.3, 0.4) is 0 Å². The van der Waals surface area contributed by atoms with Gasteiger partial charge in [0, 0.05) is 6.42 Å². The second kappa shape index (κ2) is 10.7. The molecule has 0 radical (unpaired) electrons. The summed E-state index contributed by atoms with van der Waals surface area (Å²) in [5.41, 5.74) is 0.995. The number of para-hydroxylation sites is 1. The third kappa shape index (κ3) is 6.41. The van der Waals surface area contributed by atoms with Crippen molar-refractivity contribution in [2.24, 2.45) is 0 Å². The van der Waals surface area contributed by atoms with E-state index in [1.54, 1.807) is 7.11 Å². The fourth-order valence-electron chi connectivity index (χ4n) is 3.57. The summed E-state index contributed by atoms with van der Waals surface area (Å²) in [6.07, 6.45) is 6.04. The Morgan fingerprint density at radius 2 is 1.86 bits per heavy atom. The van der Waals surface area contributed by atoms with E-state index >= 15 is 0 Å². The van der Waals surface area contributed by atoms with Gasteiger partial charge in [0.1, 0.15) is 5.75 Å². The molecule has 29 heavy (non-hydrogen) atoms. The SMILES string of the molecule is COc1cc(C(C)NC(=O)CCCOc2ccccc2)ccc1OC1CCCC1. The number of hydrogen-bond acceptors (Lipinski definition) is 4. The molecule has 3 rings (SSSR count). The molecule has 1 fully saturated rings. The van der Waals surface area contributed by atoms with Gasteiger partial charge in [-0.3, -0.25) is 4.79 Å². The van der Waals surface area contributed by atoms with Gasteiger partial charge < -0.3 is 19.5 Å². The van der Waals surface area contributed by atoms with E-state index in [1.165, 1.54) is 12.8 Å². The summed E-state index contributed by atoms with van der Waals surface area (Å²) < 4.78 is 17.2. The number of methoxy groups -OCH3 is 1. The summed E-state index contributed by atoms with van der Waals surface area (Å²) in [6.45, 7) is 2.50. The maximum absolute atomic E-state index is 12.3. The molecule has 0 heterocycles. The lowest BCUT2D eigenvalue weighted by atomic mass is 10.1. The Morgan fingerprint density at radius 3 is 2.59 bits per heavy atom. The Kier molecular flexibility index (Phi) is 7.79. The Balaban J connectivity index is 1.46. The van der Waals surface area contributed by atoms with E-state index in [0.29, 0.717) is 25.2 Å². The van der Waals surface area contributed by atoms with Gasteiger partial charge in [-0.2, -0.15) is 0 Å². The number of carbonyl (C=O) groups excluding carboxylic acids is 1. The van der Waals surface area contributed by atoms with Crippen LogP contribution >= 0.6 is 0 Å². The first-order valence-corrected chi connectivity index (χ1v) is 10.5. The van der Waals surface area contributed by atoms with Crippen molar-refractivity contribution in [2.45, 2.75) is 57.6 Å². The second-order valence-corrected chi connectivity index (χ2v) is 7.49. The van der Waals surface area contributed by atoms with Gasteiger partial charge in [-0.15, -0.1) is 0 Å². The van der Waals surface area contributed by atoms with Gasteiger partial charge in [0.15, 0.2) is 11.5 Å². The number of hydrogen-bond donors (Lipinski definition) is 1. The average molecular weight is 398 g/mol. The third-order valence-corrected chi connectivity index (χ3v) is 5.22. The zero-order valence-electron chi connectivity index (χ0n) is 17.4. The lowest BCUT2D eigenvalue weighted by molar-refractivity contribution is -0.121. The molecule has 1 unspecified atom stereocenters. The highest BCUT2D eigenvalue weighted by Crippen LogP contribution is 2.33. The number of ether oxygens (including phenoxy) is 3. The quantitative estimate of drug-likeness (QED) is 0.570.